The van der Waals surface area contributed by atoms with E-state index < -0.39 is 21.5 Å². The van der Waals surface area contributed by atoms with E-state index in [-0.39, 0.29) is 4.90 Å². The highest BCUT2D eigenvalue weighted by atomic mass is 35.5. The maximum absolute atomic E-state index is 12.3. The van der Waals surface area contributed by atoms with Crippen LogP contribution in [0.3, 0.4) is 0 Å². The molecule has 4 nitrogen and oxygen atoms in total. The molecule has 1 amide bonds. The van der Waals surface area contributed by atoms with Crippen LogP contribution in [0.4, 0.5) is 5.69 Å². The number of benzene rings is 3. The minimum atomic E-state index is -3.72. The van der Waals surface area contributed by atoms with Crippen LogP contribution in [0.25, 0.3) is 11.1 Å². The molecule has 0 bridgehead atoms. The summed E-state index contributed by atoms with van der Waals surface area (Å²) in [5.41, 5.74) is 2.62. The molecule has 0 radical (unpaired) electrons. The third kappa shape index (κ3) is 4.50. The highest BCUT2D eigenvalue weighted by Gasteiger charge is 2.19. The topological polar surface area (TPSA) is 63.2 Å². The van der Waals surface area contributed by atoms with Gasteiger partial charge in [0.1, 0.15) is 5.75 Å². The smallest absolute Gasteiger partial charge is 0.239 e. The number of anilines is 1. The van der Waals surface area contributed by atoms with Crippen LogP contribution >= 0.6 is 11.6 Å². The summed E-state index contributed by atoms with van der Waals surface area (Å²) in [4.78, 5) is 12.2. The van der Waals surface area contributed by atoms with Gasteiger partial charge in [0, 0.05) is 10.7 Å². The van der Waals surface area contributed by atoms with E-state index in [1.807, 2.05) is 42.5 Å². The minimum Gasteiger partial charge on any atom is -0.325 e. The van der Waals surface area contributed by atoms with Crippen LogP contribution in [0.5, 0.6) is 0 Å². The van der Waals surface area contributed by atoms with E-state index in [0.29, 0.717) is 10.7 Å². The van der Waals surface area contributed by atoms with E-state index in [9.17, 15) is 13.2 Å². The van der Waals surface area contributed by atoms with Gasteiger partial charge < -0.3 is 5.32 Å². The monoisotopic (exact) mass is 385 g/mol. The molecule has 0 heterocycles. The lowest BCUT2D eigenvalue weighted by Crippen LogP contribution is -2.23. The maximum Gasteiger partial charge on any atom is 0.239 e. The van der Waals surface area contributed by atoms with Gasteiger partial charge in [-0.2, -0.15) is 0 Å². The molecular formula is C20H16ClNO3S. The quantitative estimate of drug-likeness (QED) is 0.707. The highest BCUT2D eigenvalue weighted by molar-refractivity contribution is 7.92. The van der Waals surface area contributed by atoms with Gasteiger partial charge in [0.25, 0.3) is 0 Å². The Bertz CT molecular complexity index is 999. The van der Waals surface area contributed by atoms with Crippen molar-refractivity contribution in [3.63, 3.8) is 0 Å². The molecule has 3 aromatic rings. The number of nitrogens with one attached hydrogen (secondary N) is 1. The molecule has 0 aliphatic heterocycles. The number of rotatable bonds is 5. The van der Waals surface area contributed by atoms with Crippen molar-refractivity contribution < 1.29 is 13.2 Å². The average Bonchev–Trinajstić information content (AvgIpc) is 2.63. The van der Waals surface area contributed by atoms with E-state index in [0.717, 1.165) is 11.1 Å². The summed E-state index contributed by atoms with van der Waals surface area (Å²) in [6.07, 6.45) is 0. The predicted molar refractivity (Wildman–Crippen MR) is 104 cm³/mol. The zero-order valence-electron chi connectivity index (χ0n) is 13.7. The van der Waals surface area contributed by atoms with Crippen molar-refractivity contribution in [2.75, 3.05) is 11.1 Å². The van der Waals surface area contributed by atoms with Gasteiger partial charge in [-0.05, 0) is 47.5 Å². The van der Waals surface area contributed by atoms with E-state index in [4.69, 9.17) is 11.6 Å². The van der Waals surface area contributed by atoms with Crippen LogP contribution in [0.2, 0.25) is 5.02 Å². The molecular weight excluding hydrogens is 370 g/mol. The molecule has 0 aliphatic carbocycles. The van der Waals surface area contributed by atoms with Crippen molar-refractivity contribution >= 4 is 33.0 Å². The first kappa shape index (κ1) is 18.2. The number of carbonyl (C=O) groups excluding carboxylic acids is 1. The highest BCUT2D eigenvalue weighted by Crippen LogP contribution is 2.21. The fraction of sp³-hybridized carbons (Fsp3) is 0.0500. The molecule has 6 heteroatoms. The first-order chi connectivity index (χ1) is 12.4. The lowest BCUT2D eigenvalue weighted by atomic mass is 10.1. The van der Waals surface area contributed by atoms with Gasteiger partial charge in [0.2, 0.25) is 5.91 Å². The summed E-state index contributed by atoms with van der Waals surface area (Å²) in [5, 5.41) is 3.05. The van der Waals surface area contributed by atoms with Gasteiger partial charge in [0.05, 0.1) is 4.90 Å². The van der Waals surface area contributed by atoms with Crippen molar-refractivity contribution in [3.8, 4) is 11.1 Å². The van der Waals surface area contributed by atoms with E-state index in [1.54, 1.807) is 12.1 Å². The zero-order chi connectivity index (χ0) is 18.6. The maximum atomic E-state index is 12.3. The zero-order valence-corrected chi connectivity index (χ0v) is 15.3. The minimum absolute atomic E-state index is 0.0662. The van der Waals surface area contributed by atoms with Crippen LogP contribution in [0, 0.1) is 0 Å². The molecule has 3 aromatic carbocycles. The van der Waals surface area contributed by atoms with Crippen molar-refractivity contribution in [3.05, 3.63) is 83.9 Å². The Morgan fingerprint density at radius 3 is 2.00 bits per heavy atom. The Labute approximate surface area is 157 Å². The van der Waals surface area contributed by atoms with Crippen molar-refractivity contribution in [1.29, 1.82) is 0 Å². The summed E-state index contributed by atoms with van der Waals surface area (Å²) in [5.74, 6) is -1.22. The fourth-order valence-corrected chi connectivity index (χ4v) is 3.73. The van der Waals surface area contributed by atoms with Crippen LogP contribution in [-0.4, -0.2) is 20.1 Å². The fourth-order valence-electron chi connectivity index (χ4n) is 2.47. The van der Waals surface area contributed by atoms with Gasteiger partial charge >= 0.3 is 0 Å². The summed E-state index contributed by atoms with van der Waals surface area (Å²) >= 11 is 5.76. The van der Waals surface area contributed by atoms with Crippen LogP contribution in [0.1, 0.15) is 0 Å². The number of carbonyl (C=O) groups is 1. The summed E-state index contributed by atoms with van der Waals surface area (Å²) < 4.78 is 24.6. The molecule has 0 saturated heterocycles. The lowest BCUT2D eigenvalue weighted by molar-refractivity contribution is -0.113. The third-order valence-corrected chi connectivity index (χ3v) is 5.65. The second kappa shape index (κ2) is 7.72. The third-order valence-electron chi connectivity index (χ3n) is 3.77. The Morgan fingerprint density at radius 2 is 1.38 bits per heavy atom. The molecule has 0 aromatic heterocycles. The number of hydrogen-bond donors (Lipinski definition) is 1. The lowest BCUT2D eigenvalue weighted by Gasteiger charge is -2.08. The molecule has 3 rings (SSSR count). The average molecular weight is 386 g/mol. The Balaban J connectivity index is 1.67. The number of sulfone groups is 1. The first-order valence-electron chi connectivity index (χ1n) is 7.88. The summed E-state index contributed by atoms with van der Waals surface area (Å²) in [7, 11) is -3.72. The summed E-state index contributed by atoms with van der Waals surface area (Å²) in [6.45, 7) is 0. The Hall–Kier alpha value is -2.63. The molecule has 0 fully saturated rings. The molecule has 0 saturated carbocycles. The Morgan fingerprint density at radius 1 is 0.808 bits per heavy atom. The van der Waals surface area contributed by atoms with Crippen LogP contribution < -0.4 is 5.32 Å². The molecule has 26 heavy (non-hydrogen) atoms. The van der Waals surface area contributed by atoms with E-state index in [1.165, 1.54) is 24.3 Å². The SMILES string of the molecule is O=C(CS(=O)(=O)c1ccc(Cl)cc1)Nc1ccc(-c2ccccc2)cc1. The molecule has 0 spiro atoms. The van der Waals surface area contributed by atoms with Crippen LogP contribution in [0.15, 0.2) is 83.8 Å². The van der Waals surface area contributed by atoms with Gasteiger partial charge in [-0.1, -0.05) is 54.1 Å². The first-order valence-corrected chi connectivity index (χ1v) is 9.91. The molecule has 0 atom stereocenters. The van der Waals surface area contributed by atoms with Gasteiger partial charge in [-0.15, -0.1) is 0 Å². The second-order valence-electron chi connectivity index (χ2n) is 5.70. The van der Waals surface area contributed by atoms with Crippen molar-refractivity contribution in [1.82, 2.24) is 0 Å². The second-order valence-corrected chi connectivity index (χ2v) is 8.13. The normalized spacial score (nSPS) is 11.1. The van der Waals surface area contributed by atoms with E-state index in [2.05, 4.69) is 5.32 Å². The number of amides is 1. The molecule has 132 valence electrons. The molecule has 1 N–H and O–H groups in total. The number of halogens is 1. The Kier molecular flexibility index (Phi) is 5.40. The van der Waals surface area contributed by atoms with Gasteiger partial charge in [-0.3, -0.25) is 4.79 Å². The van der Waals surface area contributed by atoms with Crippen molar-refractivity contribution in [2.24, 2.45) is 0 Å². The van der Waals surface area contributed by atoms with Gasteiger partial charge in [0.15, 0.2) is 9.84 Å². The largest absolute Gasteiger partial charge is 0.325 e. The molecule has 0 aliphatic rings. The molecule has 0 unspecified atom stereocenters. The standard InChI is InChI=1S/C20H16ClNO3S/c21-17-8-12-19(13-9-17)26(24,25)14-20(23)22-18-10-6-16(7-11-18)15-4-2-1-3-5-15/h1-13H,14H2,(H,22,23). The van der Waals surface area contributed by atoms with Gasteiger partial charge in [-0.25, -0.2) is 8.42 Å². The van der Waals surface area contributed by atoms with Crippen molar-refractivity contribution in [2.45, 2.75) is 4.90 Å². The summed E-state index contributed by atoms with van der Waals surface area (Å²) in [6, 6.07) is 22.8. The number of hydrogen-bond acceptors (Lipinski definition) is 3. The van der Waals surface area contributed by atoms with E-state index >= 15 is 0 Å². The van der Waals surface area contributed by atoms with Crippen LogP contribution in [-0.2, 0) is 14.6 Å². The predicted octanol–water partition coefficient (Wildman–Crippen LogP) is 4.42.